The maximum atomic E-state index is 13.7. The van der Waals surface area contributed by atoms with Crippen LogP contribution in [0.5, 0.6) is 0 Å². The third-order valence-electron chi connectivity index (χ3n) is 7.20. The Labute approximate surface area is 201 Å². The summed E-state index contributed by atoms with van der Waals surface area (Å²) >= 11 is 6.83. The van der Waals surface area contributed by atoms with Crippen molar-refractivity contribution in [2.24, 2.45) is 10.7 Å². The van der Waals surface area contributed by atoms with E-state index in [-0.39, 0.29) is 31.1 Å². The van der Waals surface area contributed by atoms with Crippen molar-refractivity contribution in [3.63, 3.8) is 0 Å². The van der Waals surface area contributed by atoms with Gasteiger partial charge in [-0.3, -0.25) is 14.7 Å². The average Bonchev–Trinajstić information content (AvgIpc) is 3.61. The predicted molar refractivity (Wildman–Crippen MR) is 126 cm³/mol. The molecule has 180 valence electrons. The molecule has 3 atom stereocenters. The van der Waals surface area contributed by atoms with Crippen LogP contribution in [0.25, 0.3) is 11.1 Å². The molecule has 2 aliphatic carbocycles. The maximum absolute atomic E-state index is 13.7. The molecule has 1 amide bonds. The van der Waals surface area contributed by atoms with Crippen LogP contribution in [0.1, 0.15) is 62.6 Å². The Bertz CT molecular complexity index is 1150. The Hall–Kier alpha value is -2.58. The lowest BCUT2D eigenvalue weighted by Gasteiger charge is -2.43. The summed E-state index contributed by atoms with van der Waals surface area (Å²) in [6.45, 7) is 1.79. The zero-order valence-electron chi connectivity index (χ0n) is 18.8. The van der Waals surface area contributed by atoms with Crippen LogP contribution in [-0.2, 0) is 10.3 Å². The van der Waals surface area contributed by atoms with Gasteiger partial charge in [0.1, 0.15) is 6.10 Å². The Morgan fingerprint density at radius 1 is 1.21 bits per heavy atom. The molecule has 2 heterocycles. The van der Waals surface area contributed by atoms with Gasteiger partial charge in [0.2, 0.25) is 5.91 Å². The van der Waals surface area contributed by atoms with Crippen molar-refractivity contribution in [3.05, 3.63) is 52.8 Å². The van der Waals surface area contributed by atoms with Crippen LogP contribution >= 0.6 is 11.6 Å². The topological polar surface area (TPSA) is 91.8 Å². The predicted octanol–water partition coefficient (Wildman–Crippen LogP) is 4.59. The summed E-state index contributed by atoms with van der Waals surface area (Å²) in [7, 11) is 0. The van der Waals surface area contributed by atoms with E-state index < -0.39 is 30.0 Å². The number of aliphatic hydroxyl groups is 1. The van der Waals surface area contributed by atoms with E-state index >= 15 is 0 Å². The molecule has 3 aliphatic rings. The highest BCUT2D eigenvalue weighted by Crippen LogP contribution is 2.44. The van der Waals surface area contributed by atoms with E-state index in [9.17, 15) is 18.7 Å². The number of halogens is 3. The van der Waals surface area contributed by atoms with Crippen LogP contribution in [0.15, 0.2) is 41.5 Å². The fourth-order valence-electron chi connectivity index (χ4n) is 5.06. The summed E-state index contributed by atoms with van der Waals surface area (Å²) in [4.78, 5) is 23.6. The highest BCUT2D eigenvalue weighted by Gasteiger charge is 2.48. The number of nitrogens with two attached hydrogens (primary N) is 1. The highest BCUT2D eigenvalue weighted by atomic mass is 35.5. The second-order valence-electron chi connectivity index (χ2n) is 9.80. The van der Waals surface area contributed by atoms with Crippen molar-refractivity contribution in [3.8, 4) is 11.1 Å². The quantitative estimate of drug-likeness (QED) is 0.658. The molecule has 5 rings (SSSR count). The molecular weight excluding hydrogens is 462 g/mol. The fourth-order valence-corrected chi connectivity index (χ4v) is 5.50. The average molecular weight is 489 g/mol. The van der Waals surface area contributed by atoms with E-state index in [0.717, 1.165) is 16.8 Å². The molecule has 0 spiro atoms. The monoisotopic (exact) mass is 488 g/mol. The second kappa shape index (κ2) is 8.27. The first-order valence-electron chi connectivity index (χ1n) is 11.6. The molecule has 1 aromatic heterocycles. The zero-order chi connectivity index (χ0) is 24.3. The van der Waals surface area contributed by atoms with Gasteiger partial charge in [0.25, 0.3) is 5.92 Å². The van der Waals surface area contributed by atoms with E-state index in [1.165, 1.54) is 17.7 Å². The van der Waals surface area contributed by atoms with Crippen molar-refractivity contribution in [2.75, 3.05) is 0 Å². The number of carbonyl (C=O) groups excluding carboxylic acids is 1. The summed E-state index contributed by atoms with van der Waals surface area (Å²) < 4.78 is 27.5. The molecule has 6 nitrogen and oxygen atoms in total. The van der Waals surface area contributed by atoms with Gasteiger partial charge >= 0.3 is 0 Å². The number of aliphatic hydroxyl groups excluding tert-OH is 1. The fraction of sp³-hybridized carbons (Fsp3) is 0.480. The van der Waals surface area contributed by atoms with Gasteiger partial charge in [-0.25, -0.2) is 13.8 Å². The Balaban J connectivity index is 1.44. The van der Waals surface area contributed by atoms with Gasteiger partial charge < -0.3 is 10.8 Å². The van der Waals surface area contributed by atoms with Crippen molar-refractivity contribution >= 4 is 23.5 Å². The number of pyridine rings is 1. The number of aromatic nitrogens is 1. The molecule has 0 radical (unpaired) electrons. The van der Waals surface area contributed by atoms with Gasteiger partial charge in [0.05, 0.1) is 17.0 Å². The van der Waals surface area contributed by atoms with Crippen LogP contribution in [0.2, 0.25) is 5.02 Å². The number of nitrogens with zero attached hydrogens (tertiary/aromatic N) is 3. The standard InChI is InChI=1S/C25H27ClF2N4O2/c1-24(12-21(34)32(23(29)31-24)16-9-10-25(27,28)20(33)11-16)18-4-2-3-17(22(18)26)15-7-8-19(30-13-15)14-5-6-14/h2-4,7-8,13-14,16,20,33H,5-6,9-12H2,1H3,(H2,29,31)/t16-,20-,24+/m1/s1. The summed E-state index contributed by atoms with van der Waals surface area (Å²) in [6.07, 6.45) is 1.63. The number of guanidine groups is 1. The molecule has 3 N–H and O–H groups in total. The molecule has 2 saturated carbocycles. The molecule has 0 saturated heterocycles. The SMILES string of the molecule is C[C@@]1(c2cccc(-c3ccc(C4CC4)nc3)c2Cl)CC(=O)N([C@@H]2CCC(F)(F)[C@H](O)C2)C(N)=N1. The largest absolute Gasteiger partial charge is 0.387 e. The van der Waals surface area contributed by atoms with Gasteiger partial charge in [0, 0.05) is 47.8 Å². The smallest absolute Gasteiger partial charge is 0.273 e. The van der Waals surface area contributed by atoms with Gasteiger partial charge in [-0.15, -0.1) is 0 Å². The first kappa shape index (κ1) is 23.2. The highest BCUT2D eigenvalue weighted by molar-refractivity contribution is 6.34. The number of aliphatic imine (C=N–C) groups is 1. The summed E-state index contributed by atoms with van der Waals surface area (Å²) in [5.41, 5.74) is 8.60. The number of hydrogen-bond acceptors (Lipinski definition) is 5. The number of carbonyl (C=O) groups is 1. The van der Waals surface area contributed by atoms with Gasteiger partial charge in [-0.2, -0.15) is 0 Å². The first-order valence-corrected chi connectivity index (χ1v) is 12.0. The van der Waals surface area contributed by atoms with Gasteiger partial charge in [0.15, 0.2) is 5.96 Å². The van der Waals surface area contributed by atoms with Gasteiger partial charge in [-0.1, -0.05) is 35.9 Å². The molecule has 0 unspecified atom stereocenters. The lowest BCUT2D eigenvalue weighted by Crippen LogP contribution is -2.57. The number of hydrogen-bond donors (Lipinski definition) is 2. The first-order chi connectivity index (χ1) is 16.1. The van der Waals surface area contributed by atoms with Crippen molar-refractivity contribution in [2.45, 2.75) is 75.0 Å². The van der Waals surface area contributed by atoms with Crippen molar-refractivity contribution in [1.82, 2.24) is 9.88 Å². The molecule has 1 aliphatic heterocycles. The molecule has 2 aromatic rings. The Kier molecular flexibility index (Phi) is 5.64. The summed E-state index contributed by atoms with van der Waals surface area (Å²) in [6, 6.07) is 8.99. The van der Waals surface area contributed by atoms with Crippen LogP contribution in [0.3, 0.4) is 0 Å². The minimum Gasteiger partial charge on any atom is -0.387 e. The third-order valence-corrected chi connectivity index (χ3v) is 7.61. The summed E-state index contributed by atoms with van der Waals surface area (Å²) in [5.74, 6) is -2.97. The zero-order valence-corrected chi connectivity index (χ0v) is 19.6. The number of alkyl halides is 2. The minimum absolute atomic E-state index is 0.0151. The molecular formula is C25H27ClF2N4O2. The van der Waals surface area contributed by atoms with Gasteiger partial charge in [-0.05, 0) is 37.8 Å². The molecule has 2 fully saturated rings. The Morgan fingerprint density at radius 3 is 2.59 bits per heavy atom. The molecule has 1 aromatic carbocycles. The summed E-state index contributed by atoms with van der Waals surface area (Å²) in [5, 5.41) is 10.3. The van der Waals surface area contributed by atoms with E-state index in [2.05, 4.69) is 9.98 Å². The van der Waals surface area contributed by atoms with E-state index in [1.54, 1.807) is 6.92 Å². The van der Waals surface area contributed by atoms with Crippen LogP contribution in [-0.4, -0.2) is 44.9 Å². The van der Waals surface area contributed by atoms with E-state index in [0.29, 0.717) is 16.5 Å². The lowest BCUT2D eigenvalue weighted by molar-refractivity contribution is -0.151. The second-order valence-corrected chi connectivity index (χ2v) is 10.2. The molecule has 9 heteroatoms. The van der Waals surface area contributed by atoms with Crippen molar-refractivity contribution < 1.29 is 18.7 Å². The number of rotatable bonds is 4. The van der Waals surface area contributed by atoms with Crippen LogP contribution in [0.4, 0.5) is 8.78 Å². The lowest BCUT2D eigenvalue weighted by atomic mass is 9.84. The van der Waals surface area contributed by atoms with Crippen LogP contribution in [0, 0.1) is 0 Å². The van der Waals surface area contributed by atoms with E-state index in [1.807, 2.05) is 36.5 Å². The number of amides is 1. The van der Waals surface area contributed by atoms with Crippen molar-refractivity contribution in [1.29, 1.82) is 0 Å². The molecule has 34 heavy (non-hydrogen) atoms. The van der Waals surface area contributed by atoms with E-state index in [4.69, 9.17) is 17.3 Å². The third kappa shape index (κ3) is 4.07. The van der Waals surface area contributed by atoms with Crippen LogP contribution < -0.4 is 5.73 Å². The minimum atomic E-state index is -3.16. The number of benzene rings is 1. The molecule has 0 bridgehead atoms. The Morgan fingerprint density at radius 2 is 1.97 bits per heavy atom. The normalized spacial score (nSPS) is 29.1. The maximum Gasteiger partial charge on any atom is 0.273 e.